The van der Waals surface area contributed by atoms with Crippen molar-refractivity contribution >= 4 is 17.7 Å². The number of ether oxygens (including phenoxy) is 2. The van der Waals surface area contributed by atoms with E-state index in [-0.39, 0.29) is 18.5 Å². The first kappa shape index (κ1) is 17.2. The SMILES string of the molecule is O=C(CSc1nnc(-c2ccc3c(c2)OCO3)o1)NC1CCCCCC1. The van der Waals surface area contributed by atoms with Crippen molar-refractivity contribution in [1.82, 2.24) is 15.5 Å². The van der Waals surface area contributed by atoms with Crippen LogP contribution in [0.5, 0.6) is 11.5 Å². The van der Waals surface area contributed by atoms with Crippen LogP contribution in [0.2, 0.25) is 0 Å². The average molecular weight is 375 g/mol. The molecular weight excluding hydrogens is 354 g/mol. The Morgan fingerprint density at radius 2 is 1.92 bits per heavy atom. The van der Waals surface area contributed by atoms with Crippen LogP contribution in [0, 0.1) is 0 Å². The van der Waals surface area contributed by atoms with Gasteiger partial charge in [0.05, 0.1) is 5.75 Å². The fourth-order valence-electron chi connectivity index (χ4n) is 3.23. The molecule has 1 N–H and O–H groups in total. The number of carbonyl (C=O) groups excluding carboxylic acids is 1. The zero-order valence-corrected chi connectivity index (χ0v) is 15.2. The predicted octanol–water partition coefficient (Wildman–Crippen LogP) is 3.40. The van der Waals surface area contributed by atoms with E-state index in [9.17, 15) is 4.79 Å². The summed E-state index contributed by atoms with van der Waals surface area (Å²) in [4.78, 5) is 12.1. The van der Waals surface area contributed by atoms with Crippen LogP contribution in [0.15, 0.2) is 27.8 Å². The van der Waals surface area contributed by atoms with Crippen molar-refractivity contribution in [2.24, 2.45) is 0 Å². The van der Waals surface area contributed by atoms with Crippen molar-refractivity contribution < 1.29 is 18.7 Å². The molecule has 7 nitrogen and oxygen atoms in total. The Balaban J connectivity index is 1.31. The third-order valence-corrected chi connectivity index (χ3v) is 5.39. The molecule has 0 unspecified atom stereocenters. The highest BCUT2D eigenvalue weighted by Crippen LogP contribution is 2.36. The number of hydrogen-bond donors (Lipinski definition) is 1. The van der Waals surface area contributed by atoms with Crippen LogP contribution < -0.4 is 14.8 Å². The number of amides is 1. The molecule has 4 rings (SSSR count). The fraction of sp³-hybridized carbons (Fsp3) is 0.500. The Morgan fingerprint density at radius 3 is 2.77 bits per heavy atom. The van der Waals surface area contributed by atoms with Gasteiger partial charge in [-0.15, -0.1) is 10.2 Å². The molecular formula is C18H21N3O4S. The average Bonchev–Trinajstić information content (AvgIpc) is 3.24. The zero-order chi connectivity index (χ0) is 17.8. The van der Waals surface area contributed by atoms with Gasteiger partial charge in [0.2, 0.25) is 18.6 Å². The standard InChI is InChI=1S/C18H21N3O4S/c22-16(19-13-5-3-1-2-4-6-13)10-26-18-21-20-17(25-18)12-7-8-14-15(9-12)24-11-23-14/h7-9,13H,1-6,10-11H2,(H,19,22). The van der Waals surface area contributed by atoms with E-state index in [0.29, 0.717) is 28.7 Å². The van der Waals surface area contributed by atoms with Gasteiger partial charge in [-0.1, -0.05) is 37.4 Å². The van der Waals surface area contributed by atoms with Crippen molar-refractivity contribution in [3.8, 4) is 23.0 Å². The van der Waals surface area contributed by atoms with Crippen molar-refractivity contribution in [3.63, 3.8) is 0 Å². The molecule has 0 bridgehead atoms. The van der Waals surface area contributed by atoms with Crippen LogP contribution in [0.1, 0.15) is 38.5 Å². The van der Waals surface area contributed by atoms with Crippen LogP contribution in [-0.4, -0.2) is 34.7 Å². The molecule has 1 aromatic carbocycles. The normalized spacial score (nSPS) is 17.1. The molecule has 1 aromatic heterocycles. The molecule has 26 heavy (non-hydrogen) atoms. The van der Waals surface area contributed by atoms with E-state index in [1.165, 1.54) is 37.4 Å². The molecule has 8 heteroatoms. The lowest BCUT2D eigenvalue weighted by atomic mass is 10.1. The number of fused-ring (bicyclic) bond motifs is 1. The van der Waals surface area contributed by atoms with Crippen molar-refractivity contribution in [3.05, 3.63) is 18.2 Å². The third-order valence-electron chi connectivity index (χ3n) is 4.57. The summed E-state index contributed by atoms with van der Waals surface area (Å²) >= 11 is 1.26. The van der Waals surface area contributed by atoms with Crippen LogP contribution in [-0.2, 0) is 4.79 Å². The lowest BCUT2D eigenvalue weighted by Gasteiger charge is -2.15. The summed E-state index contributed by atoms with van der Waals surface area (Å²) in [6, 6.07) is 5.77. The molecule has 138 valence electrons. The van der Waals surface area contributed by atoms with Gasteiger partial charge in [0.1, 0.15) is 0 Å². The van der Waals surface area contributed by atoms with Gasteiger partial charge in [-0.05, 0) is 31.0 Å². The molecule has 1 saturated carbocycles. The Kier molecular flexibility index (Phi) is 5.29. The monoisotopic (exact) mass is 375 g/mol. The van der Waals surface area contributed by atoms with E-state index >= 15 is 0 Å². The van der Waals surface area contributed by atoms with Crippen LogP contribution >= 0.6 is 11.8 Å². The first-order valence-electron chi connectivity index (χ1n) is 8.93. The maximum Gasteiger partial charge on any atom is 0.277 e. The number of nitrogens with one attached hydrogen (secondary N) is 1. The van der Waals surface area contributed by atoms with Crippen molar-refractivity contribution in [1.29, 1.82) is 0 Å². The highest BCUT2D eigenvalue weighted by Gasteiger charge is 2.18. The maximum absolute atomic E-state index is 12.1. The Labute approximate surface area is 155 Å². The van der Waals surface area contributed by atoms with Gasteiger partial charge >= 0.3 is 0 Å². The molecule has 1 aliphatic carbocycles. The Hall–Kier alpha value is -2.22. The molecule has 1 aliphatic heterocycles. The highest BCUT2D eigenvalue weighted by molar-refractivity contribution is 7.99. The van der Waals surface area contributed by atoms with Gasteiger partial charge in [0.25, 0.3) is 5.22 Å². The molecule has 0 radical (unpaired) electrons. The number of rotatable bonds is 5. The Morgan fingerprint density at radius 1 is 1.12 bits per heavy atom. The molecule has 1 fully saturated rings. The summed E-state index contributed by atoms with van der Waals surface area (Å²) in [5.41, 5.74) is 0.761. The topological polar surface area (TPSA) is 86.5 Å². The zero-order valence-electron chi connectivity index (χ0n) is 14.4. The number of aromatic nitrogens is 2. The number of benzene rings is 1. The number of thioether (sulfide) groups is 1. The molecule has 1 amide bonds. The fourth-order valence-corrected chi connectivity index (χ4v) is 3.81. The van der Waals surface area contributed by atoms with Gasteiger partial charge in [-0.3, -0.25) is 4.79 Å². The molecule has 2 heterocycles. The summed E-state index contributed by atoms with van der Waals surface area (Å²) in [5, 5.41) is 11.6. The van der Waals surface area contributed by atoms with Crippen molar-refractivity contribution in [2.45, 2.75) is 49.8 Å². The van der Waals surface area contributed by atoms with Crippen LogP contribution in [0.4, 0.5) is 0 Å². The second-order valence-corrected chi connectivity index (χ2v) is 7.41. The maximum atomic E-state index is 12.1. The molecule has 0 saturated heterocycles. The lowest BCUT2D eigenvalue weighted by Crippen LogP contribution is -2.35. The van der Waals surface area contributed by atoms with Crippen molar-refractivity contribution in [2.75, 3.05) is 12.5 Å². The minimum atomic E-state index is 0.0183. The van der Waals surface area contributed by atoms with E-state index in [1.807, 2.05) is 18.2 Å². The van der Waals surface area contributed by atoms with Gasteiger partial charge in [0, 0.05) is 11.6 Å². The minimum absolute atomic E-state index is 0.0183. The summed E-state index contributed by atoms with van der Waals surface area (Å²) in [6.07, 6.45) is 7.08. The molecule has 0 atom stereocenters. The van der Waals surface area contributed by atoms with Crippen LogP contribution in [0.3, 0.4) is 0 Å². The predicted molar refractivity (Wildman–Crippen MR) is 96.2 cm³/mol. The van der Waals surface area contributed by atoms with Gasteiger partial charge in [0.15, 0.2) is 11.5 Å². The minimum Gasteiger partial charge on any atom is -0.454 e. The Bertz CT molecular complexity index is 772. The second kappa shape index (κ2) is 7.99. The van der Waals surface area contributed by atoms with Crippen LogP contribution in [0.25, 0.3) is 11.5 Å². The van der Waals surface area contributed by atoms with E-state index < -0.39 is 0 Å². The highest BCUT2D eigenvalue weighted by atomic mass is 32.2. The van der Waals surface area contributed by atoms with E-state index in [0.717, 1.165) is 18.4 Å². The molecule has 2 aromatic rings. The van der Waals surface area contributed by atoms with Gasteiger partial charge in [-0.25, -0.2) is 0 Å². The summed E-state index contributed by atoms with van der Waals surface area (Å²) < 4.78 is 16.3. The van der Waals surface area contributed by atoms with E-state index in [4.69, 9.17) is 13.9 Å². The van der Waals surface area contributed by atoms with Gasteiger partial charge in [-0.2, -0.15) is 0 Å². The summed E-state index contributed by atoms with van der Waals surface area (Å²) in [7, 11) is 0. The lowest BCUT2D eigenvalue weighted by molar-refractivity contribution is -0.119. The van der Waals surface area contributed by atoms with E-state index in [1.54, 1.807) is 0 Å². The number of hydrogen-bond acceptors (Lipinski definition) is 7. The summed E-state index contributed by atoms with van der Waals surface area (Å²) in [5.74, 6) is 2.06. The summed E-state index contributed by atoms with van der Waals surface area (Å²) in [6.45, 7) is 0.222. The number of nitrogens with zero attached hydrogens (tertiary/aromatic N) is 2. The molecule has 2 aliphatic rings. The molecule has 0 spiro atoms. The largest absolute Gasteiger partial charge is 0.454 e. The number of carbonyl (C=O) groups is 1. The first-order valence-corrected chi connectivity index (χ1v) is 9.92. The second-order valence-electron chi connectivity index (χ2n) is 6.49. The van der Waals surface area contributed by atoms with E-state index in [2.05, 4.69) is 15.5 Å². The first-order chi connectivity index (χ1) is 12.8. The quantitative estimate of drug-likeness (QED) is 0.633. The van der Waals surface area contributed by atoms with Gasteiger partial charge < -0.3 is 19.2 Å². The smallest absolute Gasteiger partial charge is 0.277 e. The third kappa shape index (κ3) is 4.12.